The van der Waals surface area contributed by atoms with E-state index in [4.69, 9.17) is 14.2 Å². The minimum Gasteiger partial charge on any atom is -0.462 e. The van der Waals surface area contributed by atoms with E-state index in [1.165, 1.54) is 38.5 Å². The summed E-state index contributed by atoms with van der Waals surface area (Å²) in [4.78, 5) is 38.0. The van der Waals surface area contributed by atoms with Gasteiger partial charge in [-0.1, -0.05) is 287 Å². The van der Waals surface area contributed by atoms with Crippen LogP contribution < -0.4 is 0 Å². The lowest BCUT2D eigenvalue weighted by atomic mass is 10.1. The maximum absolute atomic E-state index is 12.8. The molecule has 1 unspecified atom stereocenters. The van der Waals surface area contributed by atoms with Gasteiger partial charge >= 0.3 is 17.9 Å². The van der Waals surface area contributed by atoms with Crippen LogP contribution in [0.2, 0.25) is 0 Å². The van der Waals surface area contributed by atoms with Crippen molar-refractivity contribution in [2.75, 3.05) is 13.2 Å². The van der Waals surface area contributed by atoms with Crippen LogP contribution in [0, 0.1) is 0 Å². The molecular weight excluding hydrogens is 1020 g/mol. The number of carbonyl (C=O) groups is 3. The normalized spacial score (nSPS) is 13.3. The molecule has 0 saturated carbocycles. The lowest BCUT2D eigenvalue weighted by molar-refractivity contribution is -0.167. The van der Waals surface area contributed by atoms with E-state index in [0.29, 0.717) is 12.8 Å². The molecule has 0 spiro atoms. The fourth-order valence-electron chi connectivity index (χ4n) is 8.50. The van der Waals surface area contributed by atoms with Crippen LogP contribution in [-0.4, -0.2) is 37.2 Å². The Kier molecular flexibility index (Phi) is 64.4. The van der Waals surface area contributed by atoms with Gasteiger partial charge in [0.05, 0.1) is 0 Å². The molecule has 0 aliphatic rings. The Morgan fingerprint density at radius 3 is 0.735 bits per heavy atom. The standard InChI is InChI=1S/C77H120O6/c1-4-7-10-13-15-17-19-21-23-25-27-29-31-33-35-37-38-40-41-43-45-47-49-51-53-55-57-59-61-64-67-70-76(79)82-73-74(72-81-75(78)69-66-63-12-9-6-3)83-77(80)71-68-65-62-60-58-56-54-52-50-48-46-44-42-39-36-34-32-30-28-26-24-22-20-18-16-14-11-8-5-2/h7-8,10-11,15-18,21-24,27-30,33-36,38,40,42-45,48,50,54,56,74H,4-6,9,12-14,19-20,25-26,31-32,37,39,41,46-47,49,51-53,55,57-73H2,1-3H3/b10-7-,11-8-,17-15-,18-16-,23-21-,24-22-,29-27-,30-28-,35-33-,36-34-,40-38-,44-42-,45-43-,50-48-,56-54-. The Morgan fingerprint density at radius 1 is 0.253 bits per heavy atom. The van der Waals surface area contributed by atoms with E-state index in [1.807, 2.05) is 0 Å². The van der Waals surface area contributed by atoms with Crippen molar-refractivity contribution in [3.63, 3.8) is 0 Å². The first-order valence-electron chi connectivity index (χ1n) is 33.3. The zero-order valence-electron chi connectivity index (χ0n) is 53.1. The van der Waals surface area contributed by atoms with Crippen LogP contribution in [0.5, 0.6) is 0 Å². The molecule has 0 heterocycles. The molecule has 0 aliphatic carbocycles. The predicted octanol–water partition coefficient (Wildman–Crippen LogP) is 23.2. The highest BCUT2D eigenvalue weighted by Gasteiger charge is 2.19. The van der Waals surface area contributed by atoms with Crippen molar-refractivity contribution < 1.29 is 28.6 Å². The van der Waals surface area contributed by atoms with Gasteiger partial charge in [0, 0.05) is 19.3 Å². The first-order valence-corrected chi connectivity index (χ1v) is 33.3. The summed E-state index contributed by atoms with van der Waals surface area (Å²) < 4.78 is 16.8. The SMILES string of the molecule is CC/C=C\C/C=C\C/C=C\C/C=C\C/C=C\C/C=C\C/C=C\C/C=C\CCCCCCC(=O)OC(COC(=O)CCCCCCC)COC(=O)CCCCCCCCCCC/C=C\C/C=C\C/C=C\C/C=C\C/C=C\C/C=C\C/C=C\CC. The third-order valence-corrected chi connectivity index (χ3v) is 13.4. The van der Waals surface area contributed by atoms with Crippen molar-refractivity contribution in [1.82, 2.24) is 0 Å². The van der Waals surface area contributed by atoms with E-state index in [-0.39, 0.29) is 37.5 Å². The Hall–Kier alpha value is -5.49. The average molecular weight is 1140 g/mol. The quantitative estimate of drug-likeness (QED) is 0.0261. The molecule has 0 rings (SSSR count). The molecule has 0 amide bonds. The minimum absolute atomic E-state index is 0.0986. The number of allylic oxidation sites excluding steroid dienone is 30. The van der Waals surface area contributed by atoms with Gasteiger partial charge in [0.25, 0.3) is 0 Å². The van der Waals surface area contributed by atoms with Gasteiger partial charge in [0.2, 0.25) is 0 Å². The van der Waals surface area contributed by atoms with Crippen molar-refractivity contribution in [3.8, 4) is 0 Å². The van der Waals surface area contributed by atoms with Gasteiger partial charge < -0.3 is 14.2 Å². The molecule has 464 valence electrons. The molecule has 0 fully saturated rings. The summed E-state index contributed by atoms with van der Waals surface area (Å²) in [7, 11) is 0. The Bertz CT molecular complexity index is 1940. The van der Waals surface area contributed by atoms with Crippen LogP contribution in [0.4, 0.5) is 0 Å². The second kappa shape index (κ2) is 69.0. The summed E-state index contributed by atoms with van der Waals surface area (Å²) >= 11 is 0. The van der Waals surface area contributed by atoms with E-state index in [9.17, 15) is 14.4 Å². The summed E-state index contributed by atoms with van der Waals surface area (Å²) in [6.45, 7) is 6.29. The maximum Gasteiger partial charge on any atom is 0.306 e. The van der Waals surface area contributed by atoms with Crippen LogP contribution in [0.15, 0.2) is 182 Å². The minimum atomic E-state index is -0.801. The molecule has 83 heavy (non-hydrogen) atoms. The second-order valence-electron chi connectivity index (χ2n) is 21.3. The highest BCUT2D eigenvalue weighted by molar-refractivity contribution is 5.71. The second-order valence-corrected chi connectivity index (χ2v) is 21.3. The zero-order chi connectivity index (χ0) is 59.9. The maximum atomic E-state index is 12.8. The summed E-state index contributed by atoms with van der Waals surface area (Å²) in [6.07, 6.45) is 104. The van der Waals surface area contributed by atoms with Gasteiger partial charge in [-0.3, -0.25) is 14.4 Å². The van der Waals surface area contributed by atoms with Crippen LogP contribution in [0.1, 0.15) is 265 Å². The smallest absolute Gasteiger partial charge is 0.306 e. The number of hydrogen-bond donors (Lipinski definition) is 0. The Balaban J connectivity index is 4.16. The van der Waals surface area contributed by atoms with Gasteiger partial charge in [-0.15, -0.1) is 0 Å². The molecular formula is C77H120O6. The third-order valence-electron chi connectivity index (χ3n) is 13.4. The lowest BCUT2D eigenvalue weighted by Crippen LogP contribution is -2.30. The molecule has 0 radical (unpaired) electrons. The van der Waals surface area contributed by atoms with Crippen LogP contribution in [0.25, 0.3) is 0 Å². The molecule has 0 saturated heterocycles. The molecule has 0 bridgehead atoms. The Labute approximate surface area is 510 Å². The number of esters is 3. The highest BCUT2D eigenvalue weighted by Crippen LogP contribution is 2.14. The van der Waals surface area contributed by atoms with Crippen molar-refractivity contribution in [2.24, 2.45) is 0 Å². The number of hydrogen-bond acceptors (Lipinski definition) is 6. The van der Waals surface area contributed by atoms with Gasteiger partial charge in [0.1, 0.15) is 13.2 Å². The van der Waals surface area contributed by atoms with E-state index in [0.717, 1.165) is 186 Å². The van der Waals surface area contributed by atoms with Gasteiger partial charge in [-0.2, -0.15) is 0 Å². The van der Waals surface area contributed by atoms with E-state index in [2.05, 4.69) is 203 Å². The van der Waals surface area contributed by atoms with Gasteiger partial charge in [-0.25, -0.2) is 0 Å². The molecule has 0 aromatic rings. The summed E-state index contributed by atoms with van der Waals surface area (Å²) in [5.41, 5.74) is 0. The number of carbonyl (C=O) groups excluding carboxylic acids is 3. The van der Waals surface area contributed by atoms with Crippen LogP contribution >= 0.6 is 0 Å². The summed E-state index contributed by atoms with van der Waals surface area (Å²) in [5.74, 6) is -0.951. The fraction of sp³-hybridized carbons (Fsp3) is 0.571. The van der Waals surface area contributed by atoms with Crippen molar-refractivity contribution in [2.45, 2.75) is 271 Å². The van der Waals surface area contributed by atoms with Crippen LogP contribution in [0.3, 0.4) is 0 Å². The first-order chi connectivity index (χ1) is 41.0. The summed E-state index contributed by atoms with van der Waals surface area (Å²) in [6, 6.07) is 0. The molecule has 6 heteroatoms. The molecule has 0 N–H and O–H groups in total. The van der Waals surface area contributed by atoms with Gasteiger partial charge in [0.15, 0.2) is 6.10 Å². The largest absolute Gasteiger partial charge is 0.462 e. The molecule has 6 nitrogen and oxygen atoms in total. The molecule has 0 aromatic heterocycles. The fourth-order valence-corrected chi connectivity index (χ4v) is 8.50. The van der Waals surface area contributed by atoms with Crippen LogP contribution in [-0.2, 0) is 28.6 Å². The van der Waals surface area contributed by atoms with Crippen molar-refractivity contribution in [3.05, 3.63) is 182 Å². The van der Waals surface area contributed by atoms with Crippen molar-refractivity contribution >= 4 is 17.9 Å². The molecule has 0 aromatic carbocycles. The van der Waals surface area contributed by atoms with E-state index >= 15 is 0 Å². The molecule has 1 atom stereocenters. The first kappa shape index (κ1) is 77.5. The highest BCUT2D eigenvalue weighted by atomic mass is 16.6. The monoisotopic (exact) mass is 1140 g/mol. The lowest BCUT2D eigenvalue weighted by Gasteiger charge is -2.18. The Morgan fingerprint density at radius 2 is 0.470 bits per heavy atom. The molecule has 0 aliphatic heterocycles. The van der Waals surface area contributed by atoms with Crippen molar-refractivity contribution in [1.29, 1.82) is 0 Å². The third kappa shape index (κ3) is 67.2. The summed E-state index contributed by atoms with van der Waals surface area (Å²) in [5, 5.41) is 0. The van der Waals surface area contributed by atoms with E-state index in [1.54, 1.807) is 0 Å². The number of rotatable bonds is 58. The number of ether oxygens (including phenoxy) is 3. The average Bonchev–Trinajstić information content (AvgIpc) is 3.48. The van der Waals surface area contributed by atoms with E-state index < -0.39 is 6.10 Å². The zero-order valence-corrected chi connectivity index (χ0v) is 53.1. The predicted molar refractivity (Wildman–Crippen MR) is 361 cm³/mol. The van der Waals surface area contributed by atoms with Gasteiger partial charge in [-0.05, 0) is 141 Å². The number of unbranched alkanes of at least 4 members (excludes halogenated alkanes) is 17. The topological polar surface area (TPSA) is 78.9 Å².